The van der Waals surface area contributed by atoms with E-state index in [1.54, 1.807) is 0 Å². The zero-order valence-corrected chi connectivity index (χ0v) is 7.25. The molecule has 0 spiro atoms. The fourth-order valence-electron chi connectivity index (χ4n) is 0.892. The minimum Gasteiger partial charge on any atom is -0.391 e. The Kier molecular flexibility index (Phi) is 2.97. The van der Waals surface area contributed by atoms with Crippen LogP contribution in [0.4, 0.5) is 5.69 Å². The molecule has 0 saturated carbocycles. The van der Waals surface area contributed by atoms with Crippen LogP contribution in [0, 0.1) is 10.1 Å². The minimum absolute atomic E-state index is 0.0525. The van der Waals surface area contributed by atoms with E-state index in [0.717, 1.165) is 0 Å². The highest BCUT2D eigenvalue weighted by atomic mass is 16.6. The molecule has 1 heterocycles. The maximum Gasteiger partial charge on any atom is 0.306 e. The van der Waals surface area contributed by atoms with E-state index in [-0.39, 0.29) is 5.69 Å². The van der Waals surface area contributed by atoms with E-state index in [0.29, 0.717) is 13.0 Å². The fraction of sp³-hybridized carbons (Fsp3) is 0.571. The molecule has 1 aromatic heterocycles. The molecule has 72 valence electrons. The largest absolute Gasteiger partial charge is 0.391 e. The Hall–Kier alpha value is -1.43. The van der Waals surface area contributed by atoms with Crippen molar-refractivity contribution in [3.05, 3.63) is 22.5 Å². The van der Waals surface area contributed by atoms with Crippen molar-refractivity contribution in [2.24, 2.45) is 0 Å². The van der Waals surface area contributed by atoms with Crippen molar-refractivity contribution in [2.45, 2.75) is 26.0 Å². The molecular formula is C7H11N3O3. The molecule has 0 aliphatic carbocycles. The van der Waals surface area contributed by atoms with Crippen LogP contribution >= 0.6 is 0 Å². The van der Waals surface area contributed by atoms with Gasteiger partial charge in [0.25, 0.3) is 0 Å². The van der Waals surface area contributed by atoms with Crippen LogP contribution in [-0.2, 0) is 6.54 Å². The summed E-state index contributed by atoms with van der Waals surface area (Å²) in [4.78, 5) is 9.75. The fourth-order valence-corrected chi connectivity index (χ4v) is 0.892. The second-order valence-electron chi connectivity index (χ2n) is 2.74. The Balaban J connectivity index is 2.64. The smallest absolute Gasteiger partial charge is 0.306 e. The van der Waals surface area contributed by atoms with E-state index in [1.165, 1.54) is 17.1 Å². The van der Waals surface area contributed by atoms with Gasteiger partial charge in [0.05, 0.1) is 17.6 Å². The molecule has 13 heavy (non-hydrogen) atoms. The van der Waals surface area contributed by atoms with E-state index in [1.807, 2.05) is 6.92 Å². The van der Waals surface area contributed by atoms with Gasteiger partial charge in [-0.1, -0.05) is 6.92 Å². The van der Waals surface area contributed by atoms with Crippen molar-refractivity contribution in [3.8, 4) is 0 Å². The molecule has 0 radical (unpaired) electrons. The van der Waals surface area contributed by atoms with Crippen molar-refractivity contribution in [1.82, 2.24) is 9.78 Å². The molecule has 1 aromatic rings. The van der Waals surface area contributed by atoms with Crippen molar-refractivity contribution in [3.63, 3.8) is 0 Å². The summed E-state index contributed by atoms with van der Waals surface area (Å²) in [5, 5.41) is 23.2. The predicted octanol–water partition coefficient (Wildman–Crippen LogP) is 0.562. The van der Waals surface area contributed by atoms with Gasteiger partial charge in [-0.15, -0.1) is 0 Å². The number of rotatable bonds is 4. The third-order valence-corrected chi connectivity index (χ3v) is 1.70. The summed E-state index contributed by atoms with van der Waals surface area (Å²) in [5.74, 6) is 0. The summed E-state index contributed by atoms with van der Waals surface area (Å²) in [6, 6.07) is 0. The first-order valence-corrected chi connectivity index (χ1v) is 3.98. The summed E-state index contributed by atoms with van der Waals surface area (Å²) in [7, 11) is 0. The van der Waals surface area contributed by atoms with Crippen molar-refractivity contribution in [2.75, 3.05) is 0 Å². The molecule has 0 aliphatic rings. The average Bonchev–Trinajstić information content (AvgIpc) is 2.52. The number of aromatic nitrogens is 2. The Labute approximate surface area is 74.9 Å². The SMILES string of the molecule is CCC(O)Cn1cc([N+](=O)[O-])cn1. The van der Waals surface area contributed by atoms with Crippen molar-refractivity contribution in [1.29, 1.82) is 0 Å². The molecule has 0 aliphatic heterocycles. The van der Waals surface area contributed by atoms with Gasteiger partial charge in [-0.05, 0) is 6.42 Å². The van der Waals surface area contributed by atoms with Crippen LogP contribution in [0.2, 0.25) is 0 Å². The van der Waals surface area contributed by atoms with Crippen LogP contribution in [0.5, 0.6) is 0 Å². The molecule has 0 amide bonds. The lowest BCUT2D eigenvalue weighted by Gasteiger charge is -2.05. The highest BCUT2D eigenvalue weighted by Gasteiger charge is 2.10. The van der Waals surface area contributed by atoms with Crippen LogP contribution in [0.3, 0.4) is 0 Å². The van der Waals surface area contributed by atoms with Gasteiger partial charge in [0.1, 0.15) is 12.4 Å². The van der Waals surface area contributed by atoms with Crippen LogP contribution in [0.25, 0.3) is 0 Å². The number of aliphatic hydroxyl groups excluding tert-OH is 1. The van der Waals surface area contributed by atoms with E-state index in [2.05, 4.69) is 5.10 Å². The van der Waals surface area contributed by atoms with E-state index in [9.17, 15) is 15.2 Å². The number of nitro groups is 1. The zero-order valence-electron chi connectivity index (χ0n) is 7.25. The third kappa shape index (κ3) is 2.51. The normalized spacial score (nSPS) is 12.8. The standard InChI is InChI=1S/C7H11N3O3/c1-2-7(11)5-9-4-6(3-8-9)10(12)13/h3-4,7,11H,2,5H2,1H3. The first-order valence-electron chi connectivity index (χ1n) is 3.98. The Morgan fingerprint density at radius 1 is 1.85 bits per heavy atom. The quantitative estimate of drug-likeness (QED) is 0.549. The van der Waals surface area contributed by atoms with Crippen LogP contribution in [0.1, 0.15) is 13.3 Å². The predicted molar refractivity (Wildman–Crippen MR) is 45.2 cm³/mol. The summed E-state index contributed by atoms with van der Waals surface area (Å²) in [6.07, 6.45) is 2.58. The van der Waals surface area contributed by atoms with Crippen LogP contribution < -0.4 is 0 Å². The monoisotopic (exact) mass is 185 g/mol. The summed E-state index contributed by atoms with van der Waals surface area (Å²) in [5.41, 5.74) is -0.0525. The van der Waals surface area contributed by atoms with Gasteiger partial charge < -0.3 is 5.11 Å². The zero-order chi connectivity index (χ0) is 9.84. The van der Waals surface area contributed by atoms with Gasteiger partial charge in [0, 0.05) is 0 Å². The lowest BCUT2D eigenvalue weighted by atomic mass is 10.3. The average molecular weight is 185 g/mol. The van der Waals surface area contributed by atoms with E-state index < -0.39 is 11.0 Å². The minimum atomic E-state index is -0.512. The van der Waals surface area contributed by atoms with Gasteiger partial charge in [-0.25, -0.2) is 0 Å². The number of aliphatic hydroxyl groups is 1. The molecule has 1 N–H and O–H groups in total. The first-order chi connectivity index (χ1) is 6.13. The van der Waals surface area contributed by atoms with Crippen LogP contribution in [0.15, 0.2) is 12.4 Å². The van der Waals surface area contributed by atoms with Gasteiger partial charge in [0.2, 0.25) is 0 Å². The maximum atomic E-state index is 10.3. The molecule has 6 heteroatoms. The second kappa shape index (κ2) is 3.99. The first kappa shape index (κ1) is 9.66. The lowest BCUT2D eigenvalue weighted by molar-refractivity contribution is -0.385. The molecule has 0 bridgehead atoms. The molecule has 6 nitrogen and oxygen atoms in total. The third-order valence-electron chi connectivity index (χ3n) is 1.70. The Morgan fingerprint density at radius 3 is 3.00 bits per heavy atom. The van der Waals surface area contributed by atoms with E-state index >= 15 is 0 Å². The maximum absolute atomic E-state index is 10.3. The molecule has 0 saturated heterocycles. The molecular weight excluding hydrogens is 174 g/mol. The van der Waals surface area contributed by atoms with Crippen LogP contribution in [-0.4, -0.2) is 25.9 Å². The summed E-state index contributed by atoms with van der Waals surface area (Å²) < 4.78 is 1.37. The van der Waals surface area contributed by atoms with Gasteiger partial charge in [-0.2, -0.15) is 5.10 Å². The topological polar surface area (TPSA) is 81.2 Å². The lowest BCUT2D eigenvalue weighted by Crippen LogP contribution is -2.14. The van der Waals surface area contributed by atoms with Gasteiger partial charge in [-0.3, -0.25) is 14.8 Å². The van der Waals surface area contributed by atoms with Crippen molar-refractivity contribution >= 4 is 5.69 Å². The van der Waals surface area contributed by atoms with Crippen molar-refractivity contribution < 1.29 is 10.0 Å². The molecule has 0 aromatic carbocycles. The highest BCUT2D eigenvalue weighted by molar-refractivity contribution is 5.20. The molecule has 1 atom stereocenters. The second-order valence-corrected chi connectivity index (χ2v) is 2.74. The Morgan fingerprint density at radius 2 is 2.54 bits per heavy atom. The summed E-state index contributed by atoms with van der Waals surface area (Å²) >= 11 is 0. The molecule has 1 rings (SSSR count). The molecule has 1 unspecified atom stereocenters. The summed E-state index contributed by atoms with van der Waals surface area (Å²) in [6.45, 7) is 2.13. The highest BCUT2D eigenvalue weighted by Crippen LogP contribution is 2.08. The Bertz CT molecular complexity index is 297. The van der Waals surface area contributed by atoms with Gasteiger partial charge in [0.15, 0.2) is 0 Å². The molecule has 0 fully saturated rings. The number of hydrogen-bond donors (Lipinski definition) is 1. The number of hydrogen-bond acceptors (Lipinski definition) is 4. The number of nitrogens with zero attached hydrogens (tertiary/aromatic N) is 3. The van der Waals surface area contributed by atoms with E-state index in [4.69, 9.17) is 0 Å². The van der Waals surface area contributed by atoms with Gasteiger partial charge >= 0.3 is 5.69 Å².